The van der Waals surface area contributed by atoms with Crippen molar-refractivity contribution in [2.24, 2.45) is 0 Å². The van der Waals surface area contributed by atoms with E-state index in [2.05, 4.69) is 36.5 Å². The van der Waals surface area contributed by atoms with Crippen LogP contribution in [0.3, 0.4) is 0 Å². The second-order valence-electron chi connectivity index (χ2n) is 2.65. The van der Waals surface area contributed by atoms with Crippen molar-refractivity contribution in [3.05, 3.63) is 29.8 Å². The Balaban J connectivity index is 2.69. The van der Waals surface area contributed by atoms with Crippen LogP contribution in [-0.2, 0) is 0 Å². The van der Waals surface area contributed by atoms with Crippen LogP contribution < -0.4 is 5.32 Å². The Morgan fingerprint density at radius 2 is 2.00 bits per heavy atom. The van der Waals surface area contributed by atoms with Crippen LogP contribution >= 0.6 is 23.4 Å². The van der Waals surface area contributed by atoms with Gasteiger partial charge in [0.25, 0.3) is 0 Å². The first-order chi connectivity index (χ1) is 6.27. The quantitative estimate of drug-likeness (QED) is 0.470. The van der Waals surface area contributed by atoms with Crippen LogP contribution in [-0.4, -0.2) is 12.8 Å². The third-order valence-electron chi connectivity index (χ3n) is 1.74. The summed E-state index contributed by atoms with van der Waals surface area (Å²) >= 11 is 7.84. The summed E-state index contributed by atoms with van der Waals surface area (Å²) in [5.74, 6) is 1.11. The second kappa shape index (κ2) is 5.53. The van der Waals surface area contributed by atoms with E-state index in [9.17, 15) is 0 Å². The summed E-state index contributed by atoms with van der Waals surface area (Å²) in [5.41, 5.74) is 1.03. The molecule has 3 heteroatoms. The fourth-order valence-electron chi connectivity index (χ4n) is 1.07. The molecule has 0 bridgehead atoms. The minimum atomic E-state index is -0.0827. The number of thioether (sulfide) groups is 1. The number of halogens is 1. The molecule has 72 valence electrons. The molecule has 0 spiro atoms. The van der Waals surface area contributed by atoms with Crippen LogP contribution in [0.4, 0.5) is 0 Å². The molecule has 1 aromatic rings. The van der Waals surface area contributed by atoms with Gasteiger partial charge in [0.1, 0.15) is 5.50 Å². The zero-order valence-corrected chi connectivity index (χ0v) is 9.45. The minimum absolute atomic E-state index is 0.0827. The number of nitrogens with one attached hydrogen (secondary N) is 1. The summed E-state index contributed by atoms with van der Waals surface area (Å²) in [5, 5.41) is 2.99. The summed E-state index contributed by atoms with van der Waals surface area (Å²) in [6.07, 6.45) is 0. The van der Waals surface area contributed by atoms with Crippen LogP contribution in [0.5, 0.6) is 0 Å². The fraction of sp³-hybridized carbons (Fsp3) is 0.400. The van der Waals surface area contributed by atoms with Gasteiger partial charge in [-0.15, -0.1) is 23.4 Å². The van der Waals surface area contributed by atoms with Crippen molar-refractivity contribution in [1.29, 1.82) is 0 Å². The molecule has 1 unspecified atom stereocenters. The molecule has 0 aliphatic carbocycles. The van der Waals surface area contributed by atoms with Gasteiger partial charge in [-0.05, 0) is 30.5 Å². The van der Waals surface area contributed by atoms with Gasteiger partial charge in [-0.25, -0.2) is 0 Å². The molecule has 0 aliphatic rings. The highest BCUT2D eigenvalue weighted by Gasteiger charge is 2.03. The Bertz CT molecular complexity index is 248. The zero-order chi connectivity index (χ0) is 9.68. The summed E-state index contributed by atoms with van der Waals surface area (Å²) in [6.45, 7) is 2.15. The molecule has 0 saturated carbocycles. The summed E-state index contributed by atoms with van der Waals surface area (Å²) in [4.78, 5) is 1.30. The Kier molecular flexibility index (Phi) is 4.64. The molecular weight excluding hydrogens is 202 g/mol. The van der Waals surface area contributed by atoms with Gasteiger partial charge in [0, 0.05) is 4.90 Å². The van der Waals surface area contributed by atoms with Crippen LogP contribution in [0, 0.1) is 0 Å². The molecule has 0 heterocycles. The van der Waals surface area contributed by atoms with Crippen molar-refractivity contribution < 1.29 is 0 Å². The molecule has 1 aromatic carbocycles. The lowest BCUT2D eigenvalue weighted by Crippen LogP contribution is -2.09. The van der Waals surface area contributed by atoms with Crippen LogP contribution in [0.15, 0.2) is 29.2 Å². The average molecular weight is 216 g/mol. The molecule has 1 atom stereocenters. The van der Waals surface area contributed by atoms with E-state index < -0.39 is 0 Å². The standard InChI is InChI=1S/C10H14ClNS/c1-3-13-9-6-4-8(5-7-9)10(11)12-2/h4-7,10,12H,3H2,1-2H3. The van der Waals surface area contributed by atoms with E-state index in [0.717, 1.165) is 11.3 Å². The van der Waals surface area contributed by atoms with Crippen molar-refractivity contribution in [1.82, 2.24) is 5.32 Å². The smallest absolute Gasteiger partial charge is 0.108 e. The number of alkyl halides is 1. The Morgan fingerprint density at radius 1 is 1.38 bits per heavy atom. The van der Waals surface area contributed by atoms with Crippen LogP contribution in [0.2, 0.25) is 0 Å². The van der Waals surface area contributed by atoms with Gasteiger partial charge in [0.15, 0.2) is 0 Å². The van der Waals surface area contributed by atoms with Crippen molar-refractivity contribution >= 4 is 23.4 Å². The van der Waals surface area contributed by atoms with Gasteiger partial charge >= 0.3 is 0 Å². The van der Waals surface area contributed by atoms with E-state index in [4.69, 9.17) is 11.6 Å². The topological polar surface area (TPSA) is 12.0 Å². The summed E-state index contributed by atoms with van der Waals surface area (Å²) < 4.78 is 0. The maximum absolute atomic E-state index is 6.00. The third kappa shape index (κ3) is 3.22. The number of hydrogen-bond donors (Lipinski definition) is 1. The fourth-order valence-corrected chi connectivity index (χ4v) is 1.87. The highest BCUT2D eigenvalue weighted by atomic mass is 35.5. The van der Waals surface area contributed by atoms with Gasteiger partial charge in [-0.1, -0.05) is 19.1 Å². The van der Waals surface area contributed by atoms with Gasteiger partial charge in [-0.3, -0.25) is 0 Å². The van der Waals surface area contributed by atoms with Crippen LogP contribution in [0.25, 0.3) is 0 Å². The van der Waals surface area contributed by atoms with Gasteiger partial charge < -0.3 is 5.32 Å². The molecule has 1 nitrogen and oxygen atoms in total. The molecule has 0 aromatic heterocycles. The maximum Gasteiger partial charge on any atom is 0.108 e. The summed E-state index contributed by atoms with van der Waals surface area (Å²) in [6, 6.07) is 8.34. The lowest BCUT2D eigenvalue weighted by molar-refractivity contribution is 0.783. The van der Waals surface area contributed by atoms with Crippen molar-refractivity contribution in [2.75, 3.05) is 12.8 Å². The van der Waals surface area contributed by atoms with Crippen molar-refractivity contribution in [3.63, 3.8) is 0 Å². The molecule has 1 N–H and O–H groups in total. The van der Waals surface area contributed by atoms with E-state index in [0.29, 0.717) is 0 Å². The van der Waals surface area contributed by atoms with E-state index >= 15 is 0 Å². The minimum Gasteiger partial charge on any atom is -0.301 e. The molecule has 0 amide bonds. The molecule has 0 fully saturated rings. The molecular formula is C10H14ClNS. The van der Waals surface area contributed by atoms with E-state index in [1.165, 1.54) is 4.90 Å². The lowest BCUT2D eigenvalue weighted by Gasteiger charge is -2.08. The monoisotopic (exact) mass is 215 g/mol. The normalized spacial score (nSPS) is 12.8. The zero-order valence-electron chi connectivity index (χ0n) is 7.88. The van der Waals surface area contributed by atoms with E-state index in [1.807, 2.05) is 18.8 Å². The lowest BCUT2D eigenvalue weighted by atomic mass is 10.2. The van der Waals surface area contributed by atoms with E-state index in [-0.39, 0.29) is 5.50 Å². The van der Waals surface area contributed by atoms with Crippen molar-refractivity contribution in [3.8, 4) is 0 Å². The summed E-state index contributed by atoms with van der Waals surface area (Å²) in [7, 11) is 1.85. The van der Waals surface area contributed by atoms with Crippen LogP contribution in [0.1, 0.15) is 18.0 Å². The maximum atomic E-state index is 6.00. The predicted molar refractivity (Wildman–Crippen MR) is 60.5 cm³/mol. The first-order valence-electron chi connectivity index (χ1n) is 4.32. The first-order valence-corrected chi connectivity index (χ1v) is 5.74. The Labute approximate surface area is 88.9 Å². The molecule has 1 rings (SSSR count). The number of hydrogen-bond acceptors (Lipinski definition) is 2. The first kappa shape index (κ1) is 10.9. The number of rotatable bonds is 4. The number of benzene rings is 1. The van der Waals surface area contributed by atoms with Gasteiger partial charge in [0.2, 0.25) is 0 Å². The predicted octanol–water partition coefficient (Wildman–Crippen LogP) is 3.26. The molecule has 0 saturated heterocycles. The van der Waals surface area contributed by atoms with Gasteiger partial charge in [-0.2, -0.15) is 0 Å². The highest BCUT2D eigenvalue weighted by Crippen LogP contribution is 2.22. The Morgan fingerprint density at radius 3 is 2.46 bits per heavy atom. The Hall–Kier alpha value is -0.180. The molecule has 0 radical (unpaired) electrons. The molecule has 13 heavy (non-hydrogen) atoms. The molecule has 0 aliphatic heterocycles. The van der Waals surface area contributed by atoms with Crippen molar-refractivity contribution in [2.45, 2.75) is 17.3 Å². The third-order valence-corrected chi connectivity index (χ3v) is 3.10. The SMILES string of the molecule is CCSc1ccc(C(Cl)NC)cc1. The van der Waals surface area contributed by atoms with E-state index in [1.54, 1.807) is 0 Å². The average Bonchev–Trinajstić information content (AvgIpc) is 2.18. The highest BCUT2D eigenvalue weighted by molar-refractivity contribution is 7.99. The van der Waals surface area contributed by atoms with Gasteiger partial charge in [0.05, 0.1) is 0 Å². The largest absolute Gasteiger partial charge is 0.301 e. The second-order valence-corrected chi connectivity index (χ2v) is 4.43.